The number of fused-ring (bicyclic) bond motifs is 1. The number of para-hydroxylation sites is 2. The Morgan fingerprint density at radius 2 is 1.46 bits per heavy atom. The lowest BCUT2D eigenvalue weighted by molar-refractivity contribution is -0.143. The van der Waals surface area contributed by atoms with Gasteiger partial charge in [0.15, 0.2) is 0 Å². The zero-order chi connectivity index (χ0) is 45.1. The number of likely N-dealkylation sites (tertiary alicyclic amines) is 1. The van der Waals surface area contributed by atoms with Gasteiger partial charge in [-0.3, -0.25) is 19.2 Å². The minimum absolute atomic E-state index is 0.0324. The van der Waals surface area contributed by atoms with Crippen LogP contribution in [0.15, 0.2) is 121 Å². The molecule has 15 heteroatoms. The SMILES string of the molecule is CCCC[C@H](NC(=O)/C=C(\C)c1ccc(C(F)(F)P(=O)(Oc2ccccc2)Oc2ccccc2)cc1)C(=O)N1C[C@H]2C[C@H]2C1C(=O)NC(CCC(N)=O)[C@@H](C)OCc1ccccc1. The molecule has 334 valence electrons. The lowest BCUT2D eigenvalue weighted by atomic mass is 10.0. The quantitative estimate of drug-likeness (QED) is 0.0523. The van der Waals surface area contributed by atoms with Crippen molar-refractivity contribution in [3.63, 3.8) is 0 Å². The molecule has 2 aliphatic rings. The van der Waals surface area contributed by atoms with E-state index in [-0.39, 0.29) is 48.0 Å². The number of primary amides is 1. The highest BCUT2D eigenvalue weighted by atomic mass is 31.2. The maximum absolute atomic E-state index is 16.2. The fourth-order valence-electron chi connectivity index (χ4n) is 7.76. The van der Waals surface area contributed by atoms with Crippen LogP contribution in [0.1, 0.15) is 76.0 Å². The van der Waals surface area contributed by atoms with Crippen molar-refractivity contribution < 1.29 is 46.3 Å². The van der Waals surface area contributed by atoms with Gasteiger partial charge in [0, 0.05) is 24.6 Å². The van der Waals surface area contributed by atoms with E-state index in [1.165, 1.54) is 42.5 Å². The summed E-state index contributed by atoms with van der Waals surface area (Å²) in [5, 5.41) is 5.91. The number of piperidine rings is 1. The molecule has 4 aromatic carbocycles. The number of allylic oxidation sites excluding steroid dienone is 1. The summed E-state index contributed by atoms with van der Waals surface area (Å²) in [7, 11) is -5.23. The van der Waals surface area contributed by atoms with Crippen molar-refractivity contribution >= 4 is 36.8 Å². The summed E-state index contributed by atoms with van der Waals surface area (Å²) in [6.07, 6.45) is 3.61. The van der Waals surface area contributed by atoms with Gasteiger partial charge in [-0.1, -0.05) is 111 Å². The average Bonchev–Trinajstić information content (AvgIpc) is 3.94. The van der Waals surface area contributed by atoms with Crippen molar-refractivity contribution in [2.45, 2.75) is 95.8 Å². The first-order chi connectivity index (χ1) is 30.2. The van der Waals surface area contributed by atoms with Crippen molar-refractivity contribution in [2.75, 3.05) is 6.54 Å². The van der Waals surface area contributed by atoms with Gasteiger partial charge >= 0.3 is 13.3 Å². The highest BCUT2D eigenvalue weighted by Crippen LogP contribution is 2.65. The van der Waals surface area contributed by atoms with Gasteiger partial charge in [0.25, 0.3) is 0 Å². The van der Waals surface area contributed by atoms with Crippen LogP contribution in [-0.2, 0) is 40.8 Å². The summed E-state index contributed by atoms with van der Waals surface area (Å²) < 4.78 is 63.4. The molecule has 12 nitrogen and oxygen atoms in total. The molecular formula is C48H55F2N4O8P. The van der Waals surface area contributed by atoms with Crippen LogP contribution >= 0.6 is 7.60 Å². The van der Waals surface area contributed by atoms with Gasteiger partial charge in [-0.15, -0.1) is 0 Å². The Morgan fingerprint density at radius 3 is 2.03 bits per heavy atom. The topological polar surface area (TPSA) is 166 Å². The molecule has 0 bridgehead atoms. The number of alkyl halides is 2. The molecule has 6 rings (SSSR count). The summed E-state index contributed by atoms with van der Waals surface area (Å²) in [5.41, 5.74) is 2.55. The van der Waals surface area contributed by atoms with Gasteiger partial charge < -0.3 is 35.1 Å². The number of amides is 4. The highest BCUT2D eigenvalue weighted by molar-refractivity contribution is 7.55. The fourth-order valence-corrected chi connectivity index (χ4v) is 9.29. The molecule has 4 N–H and O–H groups in total. The molecule has 4 amide bonds. The molecule has 1 saturated carbocycles. The second-order valence-corrected chi connectivity index (χ2v) is 18.1. The first-order valence-electron chi connectivity index (χ1n) is 21.3. The molecule has 6 atom stereocenters. The standard InChI is InChI=1S/C48H55F2N4O8P/c1-4-5-21-42(47(58)54-30-36-29-40(36)45(54)46(57)53-41(26-27-43(51)55)33(3)60-31-34-15-9-6-10-16-34)52-44(56)28-32(2)35-22-24-37(25-23-35)48(49,50)63(59,61-38-17-11-7-12-18-38)62-39-19-13-8-14-20-39/h6-20,22-25,28,33,36,40-42,45H,4-5,21,26-27,29-31H2,1-3H3,(H2,51,55)(H,52,56)(H,53,57)/b32-28+/t33-,36-,40-,41?,42+,45?/m1/s1. The number of benzene rings is 4. The van der Waals surface area contributed by atoms with Crippen LogP contribution in [0.5, 0.6) is 11.5 Å². The Labute approximate surface area is 367 Å². The van der Waals surface area contributed by atoms with E-state index in [4.69, 9.17) is 19.5 Å². The van der Waals surface area contributed by atoms with Gasteiger partial charge in [-0.2, -0.15) is 8.78 Å². The third kappa shape index (κ3) is 12.0. The number of carbonyl (C=O) groups excluding carboxylic acids is 4. The van der Waals surface area contributed by atoms with Crippen LogP contribution in [0.4, 0.5) is 8.78 Å². The molecule has 1 aliphatic carbocycles. The number of unbranched alkanes of at least 4 members (excludes halogenated alkanes) is 1. The van der Waals surface area contributed by atoms with Crippen LogP contribution in [0.2, 0.25) is 0 Å². The highest BCUT2D eigenvalue weighted by Gasteiger charge is 2.59. The molecule has 1 heterocycles. The lowest BCUT2D eigenvalue weighted by Crippen LogP contribution is -2.57. The molecule has 63 heavy (non-hydrogen) atoms. The zero-order valence-electron chi connectivity index (χ0n) is 35.7. The Kier molecular flexibility index (Phi) is 15.6. The smallest absolute Gasteiger partial charge is 0.412 e. The predicted octanol–water partition coefficient (Wildman–Crippen LogP) is 8.37. The molecule has 0 radical (unpaired) electrons. The molecule has 1 saturated heterocycles. The largest absolute Gasteiger partial charge is 0.504 e. The van der Waals surface area contributed by atoms with Gasteiger partial charge in [-0.25, -0.2) is 4.57 Å². The van der Waals surface area contributed by atoms with Gasteiger partial charge in [0.2, 0.25) is 23.6 Å². The van der Waals surface area contributed by atoms with Crippen LogP contribution in [0, 0.1) is 11.8 Å². The second-order valence-electron chi connectivity index (χ2n) is 16.2. The van der Waals surface area contributed by atoms with Crippen LogP contribution < -0.4 is 25.4 Å². The molecule has 2 unspecified atom stereocenters. The van der Waals surface area contributed by atoms with E-state index in [9.17, 15) is 23.7 Å². The third-order valence-electron chi connectivity index (χ3n) is 11.4. The molecule has 2 fully saturated rings. The average molecular weight is 885 g/mol. The van der Waals surface area contributed by atoms with Crippen molar-refractivity contribution in [3.8, 4) is 11.5 Å². The fraction of sp³-hybridized carbons (Fsp3) is 0.375. The van der Waals surface area contributed by atoms with E-state index in [1.54, 1.807) is 48.2 Å². The number of halogens is 2. The molecule has 0 spiro atoms. The summed E-state index contributed by atoms with van der Waals surface area (Å²) in [6, 6.07) is 27.5. The Hall–Kier alpha value is -5.85. The number of ether oxygens (including phenoxy) is 1. The molecule has 1 aliphatic heterocycles. The summed E-state index contributed by atoms with van der Waals surface area (Å²) in [6.45, 7) is 6.10. The van der Waals surface area contributed by atoms with Gasteiger partial charge in [0.1, 0.15) is 23.6 Å². The number of hydrogen-bond acceptors (Lipinski definition) is 8. The van der Waals surface area contributed by atoms with E-state index in [1.807, 2.05) is 44.2 Å². The van der Waals surface area contributed by atoms with Crippen LogP contribution in [0.25, 0.3) is 5.57 Å². The first kappa shape index (κ1) is 46.6. The number of rotatable bonds is 22. The Balaban J connectivity index is 1.13. The number of hydrogen-bond donors (Lipinski definition) is 3. The molecular weight excluding hydrogens is 830 g/mol. The molecule has 4 aromatic rings. The summed E-state index contributed by atoms with van der Waals surface area (Å²) >= 11 is 0. The van der Waals surface area contributed by atoms with Gasteiger partial charge in [-0.05, 0) is 85.9 Å². The Morgan fingerprint density at radius 1 is 0.873 bits per heavy atom. The monoisotopic (exact) mass is 884 g/mol. The second kappa shape index (κ2) is 21.0. The third-order valence-corrected chi connectivity index (χ3v) is 13.3. The van der Waals surface area contributed by atoms with Crippen molar-refractivity contribution in [1.29, 1.82) is 0 Å². The molecule has 0 aromatic heterocycles. The maximum atomic E-state index is 16.2. The minimum atomic E-state index is -5.23. The number of carbonyl (C=O) groups is 4. The van der Waals surface area contributed by atoms with Crippen molar-refractivity contribution in [1.82, 2.24) is 15.5 Å². The van der Waals surface area contributed by atoms with E-state index in [0.29, 0.717) is 37.1 Å². The first-order valence-corrected chi connectivity index (χ1v) is 22.8. The van der Waals surface area contributed by atoms with E-state index < -0.39 is 54.9 Å². The Bertz CT molecular complexity index is 2220. The van der Waals surface area contributed by atoms with Crippen molar-refractivity contribution in [3.05, 3.63) is 138 Å². The number of nitrogens with one attached hydrogen (secondary N) is 2. The predicted molar refractivity (Wildman–Crippen MR) is 235 cm³/mol. The van der Waals surface area contributed by atoms with E-state index in [2.05, 4.69) is 10.6 Å². The zero-order valence-corrected chi connectivity index (χ0v) is 36.6. The van der Waals surface area contributed by atoms with E-state index >= 15 is 8.78 Å². The summed E-state index contributed by atoms with van der Waals surface area (Å²) in [4.78, 5) is 55.2. The number of nitrogens with two attached hydrogens (primary N) is 1. The van der Waals surface area contributed by atoms with Gasteiger partial charge in [0.05, 0.1) is 18.8 Å². The van der Waals surface area contributed by atoms with E-state index in [0.717, 1.165) is 30.5 Å². The van der Waals surface area contributed by atoms with Crippen LogP contribution in [-0.4, -0.2) is 59.3 Å². The summed E-state index contributed by atoms with van der Waals surface area (Å²) in [5.74, 6) is -1.80. The van der Waals surface area contributed by atoms with Crippen LogP contribution in [0.3, 0.4) is 0 Å². The lowest BCUT2D eigenvalue weighted by Gasteiger charge is -2.33. The normalized spacial score (nSPS) is 18.7. The number of nitrogens with zero attached hydrogens (tertiary/aromatic N) is 1. The minimum Gasteiger partial charge on any atom is -0.412 e. The van der Waals surface area contributed by atoms with Crippen molar-refractivity contribution in [2.24, 2.45) is 17.6 Å². The maximum Gasteiger partial charge on any atom is 0.504 e.